The Balaban J connectivity index is 1.45. The van der Waals surface area contributed by atoms with Crippen LogP contribution in [0.15, 0.2) is 90.2 Å². The van der Waals surface area contributed by atoms with Gasteiger partial charge in [-0.05, 0) is 47.0 Å². The molecule has 134 valence electrons. The molecule has 2 aromatic carbocycles. The monoisotopic (exact) mass is 364 g/mol. The molecule has 0 fully saturated rings. The maximum Gasteiger partial charge on any atom is 0.280 e. The first-order chi connectivity index (χ1) is 13.8. The zero-order valence-electron chi connectivity index (χ0n) is 15.0. The molecule has 3 heterocycles. The minimum absolute atomic E-state index is 0.128. The molecule has 0 aliphatic rings. The van der Waals surface area contributed by atoms with Crippen LogP contribution < -0.4 is 5.56 Å². The second kappa shape index (κ2) is 6.70. The van der Waals surface area contributed by atoms with Crippen LogP contribution in [0.3, 0.4) is 0 Å². The number of fused-ring (bicyclic) bond motifs is 2. The molecule has 0 aliphatic carbocycles. The second-order valence-electron chi connectivity index (χ2n) is 6.66. The number of hydrogen-bond acceptors (Lipinski definition) is 4. The maximum atomic E-state index is 12.6. The van der Waals surface area contributed by atoms with Crippen LogP contribution in [0.5, 0.6) is 0 Å². The van der Waals surface area contributed by atoms with E-state index in [4.69, 9.17) is 0 Å². The van der Waals surface area contributed by atoms with Crippen molar-refractivity contribution < 1.29 is 0 Å². The van der Waals surface area contributed by atoms with Gasteiger partial charge in [0.25, 0.3) is 5.56 Å². The zero-order chi connectivity index (χ0) is 18.9. The molecule has 0 radical (unpaired) electrons. The van der Waals surface area contributed by atoms with Crippen molar-refractivity contribution in [2.45, 2.75) is 6.54 Å². The summed E-state index contributed by atoms with van der Waals surface area (Å²) in [6.45, 7) is 0.459. The van der Waals surface area contributed by atoms with Crippen LogP contribution in [0.4, 0.5) is 0 Å². The lowest BCUT2D eigenvalue weighted by molar-refractivity contribution is 0.746. The summed E-state index contributed by atoms with van der Waals surface area (Å²) < 4.78 is 1.59. The minimum Gasteiger partial charge on any atom is -0.293 e. The Hall–Kier alpha value is -3.86. The van der Waals surface area contributed by atoms with Gasteiger partial charge in [0, 0.05) is 17.8 Å². The van der Waals surface area contributed by atoms with Gasteiger partial charge < -0.3 is 0 Å². The fourth-order valence-corrected chi connectivity index (χ4v) is 3.35. The lowest BCUT2D eigenvalue weighted by atomic mass is 10.0. The number of rotatable bonds is 3. The third-order valence-electron chi connectivity index (χ3n) is 4.83. The Labute approximate surface area is 161 Å². The lowest BCUT2D eigenvalue weighted by Gasteiger charge is -2.08. The van der Waals surface area contributed by atoms with E-state index in [1.807, 2.05) is 24.3 Å². The van der Waals surface area contributed by atoms with Gasteiger partial charge in [-0.25, -0.2) is 9.97 Å². The van der Waals surface area contributed by atoms with Gasteiger partial charge in [-0.15, -0.1) is 0 Å². The summed E-state index contributed by atoms with van der Waals surface area (Å²) in [5, 5.41) is 1.12. The molecule has 0 amide bonds. The van der Waals surface area contributed by atoms with Gasteiger partial charge in [0.2, 0.25) is 0 Å². The summed E-state index contributed by atoms with van der Waals surface area (Å²) in [4.78, 5) is 25.5. The van der Waals surface area contributed by atoms with Crippen molar-refractivity contribution in [2.75, 3.05) is 0 Å². The standard InChI is InChI=1S/C23H16N4O/c28-23-22-21(4-2-12-25-22)26-15-27(23)14-16-5-7-17(8-6-16)18-9-10-20-19(13-18)3-1-11-24-20/h1-13,15H,14H2. The van der Waals surface area contributed by atoms with Crippen LogP contribution >= 0.6 is 0 Å². The molecule has 0 N–H and O–H groups in total. The molecule has 5 nitrogen and oxygen atoms in total. The predicted molar refractivity (Wildman–Crippen MR) is 110 cm³/mol. The first-order valence-corrected chi connectivity index (χ1v) is 9.02. The van der Waals surface area contributed by atoms with E-state index in [2.05, 4.69) is 45.3 Å². The molecule has 5 rings (SSSR count). The first kappa shape index (κ1) is 16.3. The molecule has 3 aromatic heterocycles. The Morgan fingerprint density at radius 1 is 0.750 bits per heavy atom. The largest absolute Gasteiger partial charge is 0.293 e. The van der Waals surface area contributed by atoms with Crippen molar-refractivity contribution in [3.8, 4) is 11.1 Å². The van der Waals surface area contributed by atoms with E-state index in [1.165, 1.54) is 0 Å². The normalized spacial score (nSPS) is 11.1. The predicted octanol–water partition coefficient (Wildman–Crippen LogP) is 4.06. The van der Waals surface area contributed by atoms with E-state index in [1.54, 1.807) is 35.4 Å². The fourth-order valence-electron chi connectivity index (χ4n) is 3.35. The van der Waals surface area contributed by atoms with Gasteiger partial charge >= 0.3 is 0 Å². The fraction of sp³-hybridized carbons (Fsp3) is 0.0435. The molecule has 5 aromatic rings. The SMILES string of the molecule is O=c1c2ncccc2ncn1Cc1ccc(-c2ccc3ncccc3c2)cc1. The van der Waals surface area contributed by atoms with Gasteiger partial charge in [-0.2, -0.15) is 0 Å². The van der Waals surface area contributed by atoms with Crippen molar-refractivity contribution in [1.29, 1.82) is 0 Å². The third-order valence-corrected chi connectivity index (χ3v) is 4.83. The first-order valence-electron chi connectivity index (χ1n) is 9.02. The molecule has 0 saturated carbocycles. The minimum atomic E-state index is -0.128. The average molecular weight is 364 g/mol. The van der Waals surface area contributed by atoms with Crippen LogP contribution in [0.1, 0.15) is 5.56 Å². The van der Waals surface area contributed by atoms with Crippen LogP contribution in [0, 0.1) is 0 Å². The Morgan fingerprint density at radius 3 is 2.43 bits per heavy atom. The van der Waals surface area contributed by atoms with Crippen LogP contribution in [0.25, 0.3) is 33.1 Å². The van der Waals surface area contributed by atoms with Crippen LogP contribution in [-0.4, -0.2) is 19.5 Å². The highest BCUT2D eigenvalue weighted by Gasteiger charge is 2.06. The second-order valence-corrected chi connectivity index (χ2v) is 6.66. The van der Waals surface area contributed by atoms with Crippen molar-refractivity contribution in [1.82, 2.24) is 19.5 Å². The van der Waals surface area contributed by atoms with Crippen molar-refractivity contribution in [3.05, 3.63) is 101 Å². The van der Waals surface area contributed by atoms with Gasteiger partial charge in [0.1, 0.15) is 0 Å². The number of nitrogens with zero attached hydrogens (tertiary/aromatic N) is 4. The highest BCUT2D eigenvalue weighted by molar-refractivity contribution is 5.84. The van der Waals surface area contributed by atoms with Crippen LogP contribution in [-0.2, 0) is 6.54 Å². The maximum absolute atomic E-state index is 12.6. The summed E-state index contributed by atoms with van der Waals surface area (Å²) in [5.41, 5.74) is 5.17. The molecule has 0 bridgehead atoms. The lowest BCUT2D eigenvalue weighted by Crippen LogP contribution is -2.21. The van der Waals surface area contributed by atoms with E-state index in [9.17, 15) is 4.79 Å². The highest BCUT2D eigenvalue weighted by atomic mass is 16.1. The highest BCUT2D eigenvalue weighted by Crippen LogP contribution is 2.24. The topological polar surface area (TPSA) is 60.7 Å². The van der Waals surface area contributed by atoms with Crippen molar-refractivity contribution in [2.24, 2.45) is 0 Å². The summed E-state index contributed by atoms with van der Waals surface area (Å²) in [5.74, 6) is 0. The number of pyridine rings is 2. The molecular formula is C23H16N4O. The van der Waals surface area contributed by atoms with Gasteiger partial charge in [-0.1, -0.05) is 36.4 Å². The molecular weight excluding hydrogens is 348 g/mol. The summed E-state index contributed by atoms with van der Waals surface area (Å²) >= 11 is 0. The smallest absolute Gasteiger partial charge is 0.280 e. The zero-order valence-corrected chi connectivity index (χ0v) is 15.0. The summed E-state index contributed by atoms with van der Waals surface area (Å²) in [6, 6.07) is 22.1. The summed E-state index contributed by atoms with van der Waals surface area (Å²) in [7, 11) is 0. The molecule has 0 saturated heterocycles. The average Bonchev–Trinajstić information content (AvgIpc) is 2.76. The van der Waals surface area contributed by atoms with E-state index in [0.717, 1.165) is 27.6 Å². The molecule has 28 heavy (non-hydrogen) atoms. The number of hydrogen-bond donors (Lipinski definition) is 0. The third kappa shape index (κ3) is 2.93. The number of aromatic nitrogens is 4. The molecule has 0 aliphatic heterocycles. The van der Waals surface area contributed by atoms with Crippen molar-refractivity contribution in [3.63, 3.8) is 0 Å². The number of benzene rings is 2. The Morgan fingerprint density at radius 2 is 1.54 bits per heavy atom. The molecule has 0 atom stereocenters. The van der Waals surface area contributed by atoms with Crippen molar-refractivity contribution >= 4 is 21.9 Å². The van der Waals surface area contributed by atoms with E-state index in [0.29, 0.717) is 17.6 Å². The molecule has 0 spiro atoms. The van der Waals surface area contributed by atoms with Gasteiger partial charge in [-0.3, -0.25) is 14.3 Å². The van der Waals surface area contributed by atoms with Gasteiger partial charge in [0.05, 0.1) is 23.9 Å². The molecule has 0 unspecified atom stereocenters. The Kier molecular flexibility index (Phi) is 3.91. The summed E-state index contributed by atoms with van der Waals surface area (Å²) in [6.07, 6.45) is 5.00. The van der Waals surface area contributed by atoms with E-state index < -0.39 is 0 Å². The Bertz CT molecular complexity index is 1360. The molecule has 5 heteroatoms. The van der Waals surface area contributed by atoms with E-state index in [-0.39, 0.29) is 5.56 Å². The van der Waals surface area contributed by atoms with Crippen LogP contribution in [0.2, 0.25) is 0 Å². The quantitative estimate of drug-likeness (QED) is 0.484. The van der Waals surface area contributed by atoms with Gasteiger partial charge in [0.15, 0.2) is 5.52 Å². The van der Waals surface area contributed by atoms with E-state index >= 15 is 0 Å².